The van der Waals surface area contributed by atoms with Gasteiger partial charge < -0.3 is 14.4 Å². The molecule has 1 aliphatic rings. The van der Waals surface area contributed by atoms with E-state index in [0.717, 1.165) is 32.5 Å². The molecule has 1 rings (SSSR count). The second-order valence-corrected chi connectivity index (χ2v) is 5.19. The summed E-state index contributed by atoms with van der Waals surface area (Å²) >= 11 is 0. The van der Waals surface area contributed by atoms with E-state index in [9.17, 15) is 4.79 Å². The van der Waals surface area contributed by atoms with Gasteiger partial charge in [-0.25, -0.2) is 0 Å². The van der Waals surface area contributed by atoms with E-state index in [1.807, 2.05) is 4.90 Å². The molecular weight excluding hydrogens is 244 g/mol. The van der Waals surface area contributed by atoms with Crippen LogP contribution in [-0.4, -0.2) is 75.4 Å². The maximum atomic E-state index is 12.3. The summed E-state index contributed by atoms with van der Waals surface area (Å²) < 4.78 is 10.2. The van der Waals surface area contributed by atoms with Gasteiger partial charge in [0, 0.05) is 39.9 Å². The number of hydrogen-bond donors (Lipinski definition) is 0. The molecule has 112 valence electrons. The molecule has 0 aromatic heterocycles. The predicted molar refractivity (Wildman–Crippen MR) is 75.2 cm³/mol. The molecule has 5 nitrogen and oxygen atoms in total. The number of methoxy groups -OCH3 is 2. The summed E-state index contributed by atoms with van der Waals surface area (Å²) in [5.41, 5.74) is 0. The lowest BCUT2D eigenvalue weighted by molar-refractivity contribution is -0.135. The van der Waals surface area contributed by atoms with Crippen molar-refractivity contribution in [3.63, 3.8) is 0 Å². The van der Waals surface area contributed by atoms with Crippen molar-refractivity contribution in [2.24, 2.45) is 0 Å². The van der Waals surface area contributed by atoms with E-state index in [0.29, 0.717) is 25.8 Å². The van der Waals surface area contributed by atoms with Crippen molar-refractivity contribution < 1.29 is 14.3 Å². The number of carbonyl (C=O) groups is 1. The van der Waals surface area contributed by atoms with Crippen LogP contribution in [0.5, 0.6) is 0 Å². The fourth-order valence-corrected chi connectivity index (χ4v) is 2.46. The summed E-state index contributed by atoms with van der Waals surface area (Å²) in [5, 5.41) is 0. The second kappa shape index (κ2) is 9.28. The molecular formula is C14H28N2O3. The van der Waals surface area contributed by atoms with Crippen LogP contribution in [0, 0.1) is 0 Å². The van der Waals surface area contributed by atoms with Crippen LogP contribution in [0.2, 0.25) is 0 Å². The zero-order valence-electron chi connectivity index (χ0n) is 12.6. The Morgan fingerprint density at radius 3 is 2.37 bits per heavy atom. The number of hydrogen-bond acceptors (Lipinski definition) is 4. The quantitative estimate of drug-likeness (QED) is 0.660. The van der Waals surface area contributed by atoms with Gasteiger partial charge in [0.05, 0.1) is 19.8 Å². The molecule has 0 bridgehead atoms. The first-order valence-corrected chi connectivity index (χ1v) is 7.18. The number of carbonyl (C=O) groups excluding carboxylic acids is 1. The molecule has 1 aliphatic heterocycles. The fraction of sp³-hybridized carbons (Fsp3) is 0.929. The van der Waals surface area contributed by atoms with Crippen LogP contribution in [0.25, 0.3) is 0 Å². The number of piperidine rings is 1. The molecule has 0 N–H and O–H groups in total. The summed E-state index contributed by atoms with van der Waals surface area (Å²) in [5.74, 6) is 0.236. The summed E-state index contributed by atoms with van der Waals surface area (Å²) in [6.07, 6.45) is 3.50. The highest BCUT2D eigenvalue weighted by Crippen LogP contribution is 2.16. The van der Waals surface area contributed by atoms with Crippen molar-refractivity contribution >= 4 is 5.91 Å². The van der Waals surface area contributed by atoms with Gasteiger partial charge in [0.25, 0.3) is 0 Å². The van der Waals surface area contributed by atoms with Gasteiger partial charge in [-0.05, 0) is 26.2 Å². The van der Waals surface area contributed by atoms with E-state index in [-0.39, 0.29) is 5.91 Å². The van der Waals surface area contributed by atoms with E-state index >= 15 is 0 Å². The van der Waals surface area contributed by atoms with Crippen molar-refractivity contribution in [3.05, 3.63) is 0 Å². The minimum atomic E-state index is 0.236. The van der Waals surface area contributed by atoms with Gasteiger partial charge in [-0.2, -0.15) is 0 Å². The standard InChI is InChI=1S/C14H28N2O3/c1-13-6-4-5-7-16(13)14(17)12-15(8-10-18-2)9-11-19-3/h13H,4-12H2,1-3H3. The summed E-state index contributed by atoms with van der Waals surface area (Å²) in [6, 6.07) is 0.382. The average Bonchev–Trinajstić information content (AvgIpc) is 2.42. The highest BCUT2D eigenvalue weighted by Gasteiger charge is 2.24. The number of nitrogens with zero attached hydrogens (tertiary/aromatic N) is 2. The predicted octanol–water partition coefficient (Wildman–Crippen LogP) is 0.982. The molecule has 0 saturated carbocycles. The lowest BCUT2D eigenvalue weighted by Crippen LogP contribution is -2.47. The molecule has 1 heterocycles. The van der Waals surface area contributed by atoms with Crippen molar-refractivity contribution in [1.82, 2.24) is 9.80 Å². The van der Waals surface area contributed by atoms with E-state index in [4.69, 9.17) is 9.47 Å². The number of amides is 1. The van der Waals surface area contributed by atoms with Crippen LogP contribution >= 0.6 is 0 Å². The molecule has 0 radical (unpaired) electrons. The van der Waals surface area contributed by atoms with Crippen molar-refractivity contribution in [2.45, 2.75) is 32.2 Å². The minimum Gasteiger partial charge on any atom is -0.383 e. The first-order chi connectivity index (χ1) is 9.19. The third-order valence-corrected chi connectivity index (χ3v) is 3.71. The van der Waals surface area contributed by atoms with Crippen molar-refractivity contribution in [2.75, 3.05) is 53.6 Å². The summed E-state index contributed by atoms with van der Waals surface area (Å²) in [6.45, 7) is 6.35. The molecule has 1 amide bonds. The van der Waals surface area contributed by atoms with E-state index < -0.39 is 0 Å². The third-order valence-electron chi connectivity index (χ3n) is 3.71. The first-order valence-electron chi connectivity index (χ1n) is 7.18. The molecule has 5 heteroatoms. The van der Waals surface area contributed by atoms with Crippen LogP contribution in [0.1, 0.15) is 26.2 Å². The Kier molecular flexibility index (Phi) is 8.02. The Labute approximate surface area is 116 Å². The van der Waals surface area contributed by atoms with Gasteiger partial charge in [-0.15, -0.1) is 0 Å². The number of likely N-dealkylation sites (tertiary alicyclic amines) is 1. The zero-order chi connectivity index (χ0) is 14.1. The summed E-state index contributed by atoms with van der Waals surface area (Å²) in [7, 11) is 3.37. The van der Waals surface area contributed by atoms with Gasteiger partial charge in [-0.3, -0.25) is 9.69 Å². The van der Waals surface area contributed by atoms with Crippen LogP contribution in [0.4, 0.5) is 0 Å². The largest absolute Gasteiger partial charge is 0.383 e. The van der Waals surface area contributed by atoms with Crippen LogP contribution in [0.3, 0.4) is 0 Å². The highest BCUT2D eigenvalue weighted by atomic mass is 16.5. The molecule has 0 aromatic rings. The maximum absolute atomic E-state index is 12.3. The van der Waals surface area contributed by atoms with Gasteiger partial charge in [-0.1, -0.05) is 0 Å². The topological polar surface area (TPSA) is 42.0 Å². The summed E-state index contributed by atoms with van der Waals surface area (Å²) in [4.78, 5) is 16.5. The number of rotatable bonds is 8. The Hall–Kier alpha value is -0.650. The van der Waals surface area contributed by atoms with Gasteiger partial charge in [0.15, 0.2) is 0 Å². The molecule has 1 saturated heterocycles. The van der Waals surface area contributed by atoms with Crippen molar-refractivity contribution in [1.29, 1.82) is 0 Å². The van der Waals surface area contributed by atoms with Crippen LogP contribution in [-0.2, 0) is 14.3 Å². The maximum Gasteiger partial charge on any atom is 0.236 e. The SMILES string of the molecule is COCCN(CCOC)CC(=O)N1CCCCC1C. The lowest BCUT2D eigenvalue weighted by atomic mass is 10.0. The number of ether oxygens (including phenoxy) is 2. The molecule has 0 aromatic carbocycles. The normalized spacial score (nSPS) is 20.0. The fourth-order valence-electron chi connectivity index (χ4n) is 2.46. The molecule has 0 aliphatic carbocycles. The smallest absolute Gasteiger partial charge is 0.236 e. The Morgan fingerprint density at radius 2 is 1.84 bits per heavy atom. The average molecular weight is 272 g/mol. The van der Waals surface area contributed by atoms with E-state index in [1.165, 1.54) is 6.42 Å². The molecule has 1 fully saturated rings. The van der Waals surface area contributed by atoms with Gasteiger partial charge in [0.1, 0.15) is 0 Å². The Bertz CT molecular complexity index is 253. The Balaban J connectivity index is 2.43. The van der Waals surface area contributed by atoms with Crippen LogP contribution < -0.4 is 0 Å². The first kappa shape index (κ1) is 16.4. The molecule has 0 spiro atoms. The Morgan fingerprint density at radius 1 is 1.21 bits per heavy atom. The minimum absolute atomic E-state index is 0.236. The highest BCUT2D eigenvalue weighted by molar-refractivity contribution is 5.78. The van der Waals surface area contributed by atoms with Gasteiger partial charge in [0.2, 0.25) is 5.91 Å². The third kappa shape index (κ3) is 5.89. The van der Waals surface area contributed by atoms with E-state index in [2.05, 4.69) is 11.8 Å². The monoisotopic (exact) mass is 272 g/mol. The van der Waals surface area contributed by atoms with Crippen molar-refractivity contribution in [3.8, 4) is 0 Å². The molecule has 1 atom stereocenters. The second-order valence-electron chi connectivity index (χ2n) is 5.19. The van der Waals surface area contributed by atoms with Crippen LogP contribution in [0.15, 0.2) is 0 Å². The molecule has 1 unspecified atom stereocenters. The lowest BCUT2D eigenvalue weighted by Gasteiger charge is -2.35. The van der Waals surface area contributed by atoms with Gasteiger partial charge >= 0.3 is 0 Å². The zero-order valence-corrected chi connectivity index (χ0v) is 12.6. The van der Waals surface area contributed by atoms with E-state index in [1.54, 1.807) is 14.2 Å². The molecule has 19 heavy (non-hydrogen) atoms.